The van der Waals surface area contributed by atoms with Gasteiger partial charge in [-0.05, 0) is 42.5 Å². The van der Waals surface area contributed by atoms with Gasteiger partial charge in [0.05, 0.1) is 6.61 Å². The summed E-state index contributed by atoms with van der Waals surface area (Å²) in [4.78, 5) is 2.37. The van der Waals surface area contributed by atoms with E-state index < -0.39 is 0 Å². The molecule has 1 aromatic carbocycles. The molecule has 0 spiro atoms. The van der Waals surface area contributed by atoms with Gasteiger partial charge in [0, 0.05) is 39.0 Å². The van der Waals surface area contributed by atoms with Crippen LogP contribution in [0, 0.1) is 12.3 Å². The number of methoxy groups -OCH3 is 1. The molecule has 1 N–H and O–H groups in total. The van der Waals surface area contributed by atoms with Crippen LogP contribution in [0.3, 0.4) is 0 Å². The molecule has 0 saturated heterocycles. The zero-order chi connectivity index (χ0) is 16.0. The molecule has 3 nitrogen and oxygen atoms in total. The zero-order valence-electron chi connectivity index (χ0n) is 14.8. The molecule has 0 heterocycles. The lowest BCUT2D eigenvalue weighted by molar-refractivity contribution is 0.199. The Morgan fingerprint density at radius 1 is 1.29 bits per heavy atom. The normalized spacial score (nSPS) is 13.3. The molecule has 3 heteroatoms. The maximum absolute atomic E-state index is 5.05. The Hall–Kier alpha value is -1.06. The van der Waals surface area contributed by atoms with Crippen LogP contribution in [-0.4, -0.2) is 33.4 Å². The molecule has 0 bridgehead atoms. The molecular weight excluding hydrogens is 260 g/mol. The van der Waals surface area contributed by atoms with Crippen LogP contribution in [0.4, 0.5) is 5.69 Å². The Morgan fingerprint density at radius 3 is 2.48 bits per heavy atom. The van der Waals surface area contributed by atoms with Gasteiger partial charge in [-0.25, -0.2) is 0 Å². The van der Waals surface area contributed by atoms with Crippen LogP contribution in [0.25, 0.3) is 0 Å². The fourth-order valence-corrected chi connectivity index (χ4v) is 2.30. The fourth-order valence-electron chi connectivity index (χ4n) is 2.30. The summed E-state index contributed by atoms with van der Waals surface area (Å²) in [5.41, 5.74) is 4.25. The lowest BCUT2D eigenvalue weighted by atomic mass is 9.87. The molecule has 0 aromatic heterocycles. The molecule has 0 amide bonds. The second-order valence-corrected chi connectivity index (χ2v) is 6.93. The molecule has 0 aliphatic rings. The minimum atomic E-state index is 0.267. The maximum Gasteiger partial charge on any atom is 0.0587 e. The highest BCUT2D eigenvalue weighted by Crippen LogP contribution is 2.28. The van der Waals surface area contributed by atoms with Crippen molar-refractivity contribution < 1.29 is 4.74 Å². The minimum absolute atomic E-state index is 0.267. The summed E-state index contributed by atoms with van der Waals surface area (Å²) < 4.78 is 5.05. The second-order valence-electron chi connectivity index (χ2n) is 6.93. The molecule has 1 atom stereocenters. The smallest absolute Gasteiger partial charge is 0.0587 e. The van der Waals surface area contributed by atoms with Gasteiger partial charge in [0.25, 0.3) is 0 Å². The third-order valence-electron chi connectivity index (χ3n) is 4.37. The number of ether oxygens (including phenoxy) is 1. The van der Waals surface area contributed by atoms with Crippen LogP contribution in [0.2, 0.25) is 0 Å². The van der Waals surface area contributed by atoms with E-state index in [2.05, 4.69) is 70.1 Å². The predicted molar refractivity (Wildman–Crippen MR) is 92.1 cm³/mol. The highest BCUT2D eigenvalue weighted by molar-refractivity contribution is 5.51. The van der Waals surface area contributed by atoms with E-state index in [0.29, 0.717) is 6.04 Å². The molecule has 0 saturated carbocycles. The van der Waals surface area contributed by atoms with Gasteiger partial charge < -0.3 is 15.0 Å². The maximum atomic E-state index is 5.05. The van der Waals surface area contributed by atoms with Gasteiger partial charge in [0.1, 0.15) is 0 Å². The van der Waals surface area contributed by atoms with Crippen LogP contribution in [0.15, 0.2) is 18.2 Å². The summed E-state index contributed by atoms with van der Waals surface area (Å²) >= 11 is 0. The first-order chi connectivity index (χ1) is 9.77. The van der Waals surface area contributed by atoms with E-state index in [-0.39, 0.29) is 5.41 Å². The van der Waals surface area contributed by atoms with Gasteiger partial charge >= 0.3 is 0 Å². The summed E-state index contributed by atoms with van der Waals surface area (Å²) in [5.74, 6) is 0. The molecule has 0 aliphatic carbocycles. The highest BCUT2D eigenvalue weighted by Gasteiger charge is 2.24. The van der Waals surface area contributed by atoms with Crippen molar-refractivity contribution >= 4 is 5.69 Å². The third-order valence-corrected chi connectivity index (χ3v) is 4.37. The Labute approximate surface area is 130 Å². The van der Waals surface area contributed by atoms with E-state index in [1.807, 2.05) is 0 Å². The van der Waals surface area contributed by atoms with Gasteiger partial charge in [0.15, 0.2) is 0 Å². The van der Waals surface area contributed by atoms with Crippen molar-refractivity contribution in [2.75, 3.05) is 32.2 Å². The molecular formula is C18H32N2O. The first-order valence-corrected chi connectivity index (χ1v) is 7.79. The monoisotopic (exact) mass is 292 g/mol. The molecule has 0 radical (unpaired) electrons. The number of nitrogens with zero attached hydrogens (tertiary/aromatic N) is 1. The number of benzene rings is 1. The molecule has 1 unspecified atom stereocenters. The Morgan fingerprint density at radius 2 is 1.95 bits per heavy atom. The number of aryl methyl sites for hydroxylation is 1. The van der Waals surface area contributed by atoms with Crippen molar-refractivity contribution in [1.82, 2.24) is 5.32 Å². The first-order valence-electron chi connectivity index (χ1n) is 7.79. The molecule has 21 heavy (non-hydrogen) atoms. The van der Waals surface area contributed by atoms with Crippen LogP contribution < -0.4 is 10.2 Å². The number of anilines is 1. The minimum Gasteiger partial charge on any atom is -0.383 e. The Kier molecular flexibility index (Phi) is 6.69. The summed E-state index contributed by atoms with van der Waals surface area (Å²) in [6.45, 7) is 13.9. The lowest BCUT2D eigenvalue weighted by Crippen LogP contribution is -2.39. The number of nitrogens with one attached hydrogen (secondary N) is 1. The molecule has 120 valence electrons. The van der Waals surface area contributed by atoms with Crippen molar-refractivity contribution in [2.24, 2.45) is 5.41 Å². The van der Waals surface area contributed by atoms with Gasteiger partial charge in [-0.2, -0.15) is 0 Å². The number of hydrogen-bond donors (Lipinski definition) is 1. The summed E-state index contributed by atoms with van der Waals surface area (Å²) in [6.07, 6.45) is 0. The van der Waals surface area contributed by atoms with Gasteiger partial charge in [-0.15, -0.1) is 0 Å². The quantitative estimate of drug-likeness (QED) is 0.777. The largest absolute Gasteiger partial charge is 0.383 e. The van der Waals surface area contributed by atoms with Crippen molar-refractivity contribution in [3.63, 3.8) is 0 Å². The van der Waals surface area contributed by atoms with E-state index in [1.54, 1.807) is 7.11 Å². The van der Waals surface area contributed by atoms with Gasteiger partial charge in [-0.3, -0.25) is 0 Å². The van der Waals surface area contributed by atoms with Crippen LogP contribution in [-0.2, 0) is 11.3 Å². The predicted octanol–water partition coefficient (Wildman–Crippen LogP) is 3.60. The second kappa shape index (κ2) is 7.81. The van der Waals surface area contributed by atoms with E-state index in [4.69, 9.17) is 4.74 Å². The highest BCUT2D eigenvalue weighted by atomic mass is 16.5. The van der Waals surface area contributed by atoms with Gasteiger partial charge in [0.2, 0.25) is 0 Å². The molecule has 1 rings (SSSR count). The third kappa shape index (κ3) is 5.33. The molecule has 0 fully saturated rings. The van der Waals surface area contributed by atoms with Crippen LogP contribution in [0.5, 0.6) is 0 Å². The van der Waals surface area contributed by atoms with Gasteiger partial charge in [-0.1, -0.05) is 26.8 Å². The van der Waals surface area contributed by atoms with Crippen LogP contribution >= 0.6 is 0 Å². The zero-order valence-corrected chi connectivity index (χ0v) is 14.8. The van der Waals surface area contributed by atoms with Crippen molar-refractivity contribution in [2.45, 2.75) is 47.2 Å². The van der Waals surface area contributed by atoms with E-state index in [0.717, 1.165) is 19.7 Å². The van der Waals surface area contributed by atoms with Crippen molar-refractivity contribution in [3.05, 3.63) is 29.3 Å². The van der Waals surface area contributed by atoms with Crippen LogP contribution in [0.1, 0.15) is 38.8 Å². The summed E-state index contributed by atoms with van der Waals surface area (Å²) in [5, 5.41) is 3.40. The number of hydrogen-bond acceptors (Lipinski definition) is 3. The van der Waals surface area contributed by atoms with Crippen molar-refractivity contribution in [1.29, 1.82) is 0 Å². The molecule has 1 aromatic rings. The lowest BCUT2D eigenvalue weighted by Gasteiger charge is -2.37. The SMILES string of the molecule is COCCNCc1ccc(N(C)C(C)C(C)(C)C)cc1C. The Balaban J connectivity index is 2.73. The van der Waals surface area contributed by atoms with E-state index in [1.165, 1.54) is 16.8 Å². The standard InChI is InChI=1S/C18H32N2O/c1-14-12-17(20(6)15(2)18(3,4)5)9-8-16(14)13-19-10-11-21-7/h8-9,12,15,19H,10-11,13H2,1-7H3. The molecule has 0 aliphatic heterocycles. The number of rotatable bonds is 7. The topological polar surface area (TPSA) is 24.5 Å². The van der Waals surface area contributed by atoms with E-state index in [9.17, 15) is 0 Å². The Bertz CT molecular complexity index is 437. The average molecular weight is 292 g/mol. The van der Waals surface area contributed by atoms with Crippen molar-refractivity contribution in [3.8, 4) is 0 Å². The fraction of sp³-hybridized carbons (Fsp3) is 0.667. The summed E-state index contributed by atoms with van der Waals surface area (Å²) in [6, 6.07) is 7.23. The first kappa shape index (κ1) is 18.0. The summed E-state index contributed by atoms with van der Waals surface area (Å²) in [7, 11) is 3.91. The average Bonchev–Trinajstić information content (AvgIpc) is 2.42. The van der Waals surface area contributed by atoms with E-state index >= 15 is 0 Å².